The highest BCUT2D eigenvalue weighted by atomic mass is 35.5. The highest BCUT2D eigenvalue weighted by Crippen LogP contribution is 2.34. The molecule has 0 aromatic heterocycles. The minimum atomic E-state index is -0.662. The van der Waals surface area contributed by atoms with Gasteiger partial charge in [0.25, 0.3) is 0 Å². The lowest BCUT2D eigenvalue weighted by Gasteiger charge is -2.21. The highest BCUT2D eigenvalue weighted by Gasteiger charge is 2.19. The molecule has 2 rings (SSSR count). The first-order chi connectivity index (χ1) is 12.2. The van der Waals surface area contributed by atoms with Crippen LogP contribution in [0.2, 0.25) is 5.02 Å². The summed E-state index contributed by atoms with van der Waals surface area (Å²) in [7, 11) is 0. The Morgan fingerprint density at radius 3 is 2.42 bits per heavy atom. The van der Waals surface area contributed by atoms with Crippen molar-refractivity contribution in [2.75, 3.05) is 5.32 Å². The first-order valence-electron chi connectivity index (χ1n) is 8.20. The second-order valence-electron chi connectivity index (χ2n) is 6.79. The normalized spacial score (nSPS) is 12.2. The molecule has 0 radical (unpaired) electrons. The van der Waals surface area contributed by atoms with Crippen molar-refractivity contribution >= 4 is 29.7 Å². The van der Waals surface area contributed by atoms with Crippen LogP contribution in [0, 0.1) is 0 Å². The Morgan fingerprint density at radius 2 is 1.85 bits per heavy atom. The van der Waals surface area contributed by atoms with E-state index in [2.05, 4.69) is 5.32 Å². The Hall–Kier alpha value is -2.53. The zero-order chi connectivity index (χ0) is 19.3. The fraction of sp³-hybridized carbons (Fsp3) is 0.300. The van der Waals surface area contributed by atoms with E-state index in [1.54, 1.807) is 20.8 Å². The van der Waals surface area contributed by atoms with Gasteiger partial charge >= 0.3 is 6.09 Å². The summed E-state index contributed by atoms with van der Waals surface area (Å²) in [4.78, 5) is 23.3. The molecule has 0 spiro atoms. The van der Waals surface area contributed by atoms with E-state index in [-0.39, 0.29) is 22.4 Å². The lowest BCUT2D eigenvalue weighted by molar-refractivity contribution is 0.0636. The van der Waals surface area contributed by atoms with Crippen LogP contribution in [-0.2, 0) is 4.74 Å². The van der Waals surface area contributed by atoms with Crippen LogP contribution in [0.15, 0.2) is 42.5 Å². The number of aldehydes is 1. The second-order valence-corrected chi connectivity index (χ2v) is 7.19. The number of hydrogen-bond acceptors (Lipinski definition) is 4. The van der Waals surface area contributed by atoms with E-state index in [4.69, 9.17) is 21.1 Å². The monoisotopic (exact) mass is 375 g/mol. The van der Waals surface area contributed by atoms with Gasteiger partial charge in [-0.15, -0.1) is 0 Å². The third kappa shape index (κ3) is 5.49. The highest BCUT2D eigenvalue weighted by molar-refractivity contribution is 6.32. The van der Waals surface area contributed by atoms with Crippen molar-refractivity contribution in [1.29, 1.82) is 0 Å². The topological polar surface area (TPSA) is 64.6 Å². The molecule has 5 nitrogen and oxygen atoms in total. The maximum absolute atomic E-state index is 12.0. The number of benzene rings is 2. The Morgan fingerprint density at radius 1 is 1.19 bits per heavy atom. The van der Waals surface area contributed by atoms with Crippen molar-refractivity contribution in [1.82, 2.24) is 0 Å². The molecule has 0 aliphatic heterocycles. The fourth-order valence-electron chi connectivity index (χ4n) is 2.26. The van der Waals surface area contributed by atoms with Crippen LogP contribution in [0.3, 0.4) is 0 Å². The second kappa shape index (κ2) is 8.23. The van der Waals surface area contributed by atoms with Crippen molar-refractivity contribution in [2.24, 2.45) is 0 Å². The maximum atomic E-state index is 12.0. The maximum Gasteiger partial charge on any atom is 0.412 e. The summed E-state index contributed by atoms with van der Waals surface area (Å²) >= 11 is 6.23. The van der Waals surface area contributed by atoms with Gasteiger partial charge in [-0.3, -0.25) is 10.1 Å². The molecule has 0 fully saturated rings. The first-order valence-corrected chi connectivity index (χ1v) is 8.57. The minimum Gasteiger partial charge on any atom is -0.484 e. The summed E-state index contributed by atoms with van der Waals surface area (Å²) in [5, 5.41) is 2.85. The van der Waals surface area contributed by atoms with Gasteiger partial charge in [-0.2, -0.15) is 0 Å². The average molecular weight is 376 g/mol. The predicted octanol–water partition coefficient (Wildman–Crippen LogP) is 5.64. The lowest BCUT2D eigenvalue weighted by Crippen LogP contribution is -2.27. The van der Waals surface area contributed by atoms with Gasteiger partial charge in [-0.05, 0) is 39.3 Å². The van der Waals surface area contributed by atoms with Crippen molar-refractivity contribution < 1.29 is 19.1 Å². The van der Waals surface area contributed by atoms with Crippen LogP contribution < -0.4 is 10.1 Å². The molecule has 1 N–H and O–H groups in total. The van der Waals surface area contributed by atoms with Gasteiger partial charge in [0, 0.05) is 11.6 Å². The van der Waals surface area contributed by atoms with Gasteiger partial charge in [-0.25, -0.2) is 4.79 Å². The van der Waals surface area contributed by atoms with Crippen LogP contribution >= 0.6 is 11.6 Å². The standard InChI is InChI=1S/C20H22ClNO4/c1-13(14-8-6-5-7-9-14)25-18-11-17(15(12-23)10-16(18)21)22-19(24)26-20(2,3)4/h5-13H,1-4H3,(H,22,24)/t13-/m1/s1. The largest absolute Gasteiger partial charge is 0.484 e. The Bertz CT molecular complexity index is 784. The van der Waals surface area contributed by atoms with E-state index in [1.165, 1.54) is 12.1 Å². The summed E-state index contributed by atoms with van der Waals surface area (Å²) in [5.41, 5.74) is 0.832. The molecule has 0 unspecified atom stereocenters. The minimum absolute atomic E-state index is 0.237. The van der Waals surface area contributed by atoms with Crippen LogP contribution in [0.25, 0.3) is 0 Å². The SMILES string of the molecule is C[C@@H](Oc1cc(NC(=O)OC(C)(C)C)c(C=O)cc1Cl)c1ccccc1. The fourth-order valence-corrected chi connectivity index (χ4v) is 2.48. The van der Waals surface area contributed by atoms with E-state index < -0.39 is 11.7 Å². The molecule has 0 bridgehead atoms. The van der Waals surface area contributed by atoms with Crippen molar-refractivity contribution in [2.45, 2.75) is 39.4 Å². The summed E-state index contributed by atoms with van der Waals surface area (Å²) in [6.07, 6.45) is -0.307. The van der Waals surface area contributed by atoms with Crippen LogP contribution in [0.5, 0.6) is 5.75 Å². The molecule has 0 aliphatic rings. The number of carbonyl (C=O) groups is 2. The smallest absolute Gasteiger partial charge is 0.412 e. The number of rotatable bonds is 5. The van der Waals surface area contributed by atoms with Gasteiger partial charge in [0.15, 0.2) is 6.29 Å². The third-order valence-electron chi connectivity index (χ3n) is 3.44. The molecule has 1 atom stereocenters. The number of halogens is 1. The van der Waals surface area contributed by atoms with Gasteiger partial charge in [0.2, 0.25) is 0 Å². The molecule has 0 saturated heterocycles. The molecule has 0 heterocycles. The van der Waals surface area contributed by atoms with Gasteiger partial charge in [0.05, 0.1) is 10.7 Å². The van der Waals surface area contributed by atoms with Crippen molar-refractivity contribution in [3.63, 3.8) is 0 Å². The Balaban J connectivity index is 2.25. The van der Waals surface area contributed by atoms with Gasteiger partial charge in [-0.1, -0.05) is 41.9 Å². The third-order valence-corrected chi connectivity index (χ3v) is 3.73. The van der Waals surface area contributed by atoms with Crippen LogP contribution in [0.1, 0.15) is 49.7 Å². The number of hydrogen-bond donors (Lipinski definition) is 1. The van der Waals surface area contributed by atoms with E-state index >= 15 is 0 Å². The van der Waals surface area contributed by atoms with Crippen molar-refractivity contribution in [3.05, 3.63) is 58.6 Å². The molecular formula is C20H22ClNO4. The summed E-state index contributed by atoms with van der Waals surface area (Å²) in [6.45, 7) is 7.15. The summed E-state index contributed by atoms with van der Waals surface area (Å²) in [5.74, 6) is 0.361. The number of carbonyl (C=O) groups excluding carboxylic acids is 2. The molecule has 26 heavy (non-hydrogen) atoms. The van der Waals surface area contributed by atoms with E-state index in [0.717, 1.165) is 5.56 Å². The van der Waals surface area contributed by atoms with E-state index in [1.807, 2.05) is 37.3 Å². The quantitative estimate of drug-likeness (QED) is 0.687. The van der Waals surface area contributed by atoms with E-state index in [0.29, 0.717) is 12.0 Å². The first kappa shape index (κ1) is 19.8. The molecule has 138 valence electrons. The van der Waals surface area contributed by atoms with Gasteiger partial charge < -0.3 is 9.47 Å². The molecular weight excluding hydrogens is 354 g/mol. The lowest BCUT2D eigenvalue weighted by atomic mass is 10.1. The molecule has 2 aromatic rings. The average Bonchev–Trinajstić information content (AvgIpc) is 2.56. The summed E-state index contributed by atoms with van der Waals surface area (Å²) in [6, 6.07) is 12.6. The van der Waals surface area contributed by atoms with Crippen LogP contribution in [0.4, 0.5) is 10.5 Å². The van der Waals surface area contributed by atoms with Gasteiger partial charge in [0.1, 0.15) is 17.5 Å². The number of anilines is 1. The Labute approximate surface area is 158 Å². The Kier molecular flexibility index (Phi) is 6.27. The summed E-state index contributed by atoms with van der Waals surface area (Å²) < 4.78 is 11.1. The number of ether oxygens (including phenoxy) is 2. The number of amides is 1. The zero-order valence-electron chi connectivity index (χ0n) is 15.2. The molecule has 2 aromatic carbocycles. The molecule has 0 saturated carbocycles. The zero-order valence-corrected chi connectivity index (χ0v) is 16.0. The van der Waals surface area contributed by atoms with Crippen molar-refractivity contribution in [3.8, 4) is 5.75 Å². The van der Waals surface area contributed by atoms with E-state index in [9.17, 15) is 9.59 Å². The number of nitrogens with one attached hydrogen (secondary N) is 1. The van der Waals surface area contributed by atoms with Crippen LogP contribution in [-0.4, -0.2) is 18.0 Å². The molecule has 0 aliphatic carbocycles. The molecule has 1 amide bonds. The molecule has 6 heteroatoms. The predicted molar refractivity (Wildman–Crippen MR) is 102 cm³/mol.